The van der Waals surface area contributed by atoms with Crippen molar-refractivity contribution in [2.24, 2.45) is 0 Å². The Morgan fingerprint density at radius 1 is 0.322 bits per heavy atom. The van der Waals surface area contributed by atoms with Crippen molar-refractivity contribution in [3.63, 3.8) is 0 Å². The van der Waals surface area contributed by atoms with E-state index in [1.165, 1.54) is 74.6 Å². The van der Waals surface area contributed by atoms with Gasteiger partial charge in [-0.25, -0.2) is 14.7 Å². The van der Waals surface area contributed by atoms with E-state index < -0.39 is 59.0 Å². The normalized spacial score (nSPS) is 14.4. The van der Waals surface area contributed by atoms with Crippen molar-refractivity contribution < 1.29 is 51.5 Å². The van der Waals surface area contributed by atoms with Crippen LogP contribution in [0.4, 0.5) is 30.2 Å². The number of rotatable bonds is 9. The summed E-state index contributed by atoms with van der Waals surface area (Å²) in [5.74, 6) is -5.14. The first-order chi connectivity index (χ1) is 41.8. The number of halogens is 3. The summed E-state index contributed by atoms with van der Waals surface area (Å²) < 4.78 is 45.4. The fourth-order valence-electron chi connectivity index (χ4n) is 12.1. The van der Waals surface area contributed by atoms with E-state index in [0.29, 0.717) is 32.8 Å². The quantitative estimate of drug-likeness (QED) is 0.126. The van der Waals surface area contributed by atoms with E-state index in [1.807, 2.05) is 49.4 Å². The highest BCUT2D eigenvalue weighted by atomic mass is 19.4. The van der Waals surface area contributed by atoms with E-state index in [2.05, 4.69) is 16.0 Å². The monoisotopic (exact) mass is 1150 g/mol. The zero-order valence-electron chi connectivity index (χ0n) is 46.1. The number of pyridine rings is 2. The van der Waals surface area contributed by atoms with Crippen molar-refractivity contribution in [1.29, 1.82) is 0 Å². The van der Waals surface area contributed by atoms with Crippen LogP contribution in [-0.4, -0.2) is 69.2 Å². The van der Waals surface area contributed by atoms with E-state index in [0.717, 1.165) is 65.8 Å². The fraction of sp³-hybridized carbons (Fsp3) is 0.0571. The molecule has 14 nitrogen and oxygen atoms in total. The molecule has 17 heteroatoms. The molecule has 0 atom stereocenters. The Hall–Kier alpha value is -11.6. The number of hydrogen-bond acceptors (Lipinski definition) is 10. The average Bonchev–Trinajstić information content (AvgIpc) is 1.74. The van der Waals surface area contributed by atoms with Crippen molar-refractivity contribution in [3.05, 3.63) is 256 Å². The summed E-state index contributed by atoms with van der Waals surface area (Å²) in [5, 5.41) is 0. The van der Waals surface area contributed by atoms with Gasteiger partial charge in [-0.15, -0.1) is 0 Å². The van der Waals surface area contributed by atoms with Crippen molar-refractivity contribution in [3.8, 4) is 66.8 Å². The number of amides is 8. The van der Waals surface area contributed by atoms with Crippen LogP contribution in [0.3, 0.4) is 0 Å². The van der Waals surface area contributed by atoms with Crippen molar-refractivity contribution >= 4 is 64.3 Å². The molecule has 420 valence electrons. The van der Waals surface area contributed by atoms with Gasteiger partial charge in [0.2, 0.25) is 0 Å². The van der Waals surface area contributed by atoms with E-state index in [-0.39, 0.29) is 72.6 Å². The second-order valence-corrected chi connectivity index (χ2v) is 21.5. The number of carbonyl (C=O) groups is 8. The number of alkyl halides is 3. The van der Waals surface area contributed by atoms with Crippen LogP contribution in [0.1, 0.15) is 99.6 Å². The lowest BCUT2D eigenvalue weighted by Gasteiger charge is -2.21. The molecule has 0 saturated carbocycles. The second-order valence-electron chi connectivity index (χ2n) is 21.5. The summed E-state index contributed by atoms with van der Waals surface area (Å²) in [6.45, 7) is 3.54. The molecule has 6 heterocycles. The van der Waals surface area contributed by atoms with Crippen LogP contribution < -0.4 is 14.7 Å². The molecule has 0 saturated heterocycles. The van der Waals surface area contributed by atoms with Gasteiger partial charge in [0.1, 0.15) is 0 Å². The van der Waals surface area contributed by atoms with Crippen LogP contribution in [0.25, 0.3) is 66.8 Å². The van der Waals surface area contributed by atoms with Gasteiger partial charge in [0.25, 0.3) is 47.3 Å². The minimum atomic E-state index is -4.99. The average molecular weight is 1150 g/mol. The number of hydrogen-bond donors (Lipinski definition) is 0. The largest absolute Gasteiger partial charge is 0.417 e. The molecule has 8 aromatic carbocycles. The minimum Gasteiger partial charge on any atom is -0.277 e. The number of aryl methyl sites for hydroxylation is 2. The van der Waals surface area contributed by atoms with Gasteiger partial charge in [-0.2, -0.15) is 13.2 Å². The molecular formula is C70H41F3N6O8. The molecule has 14 rings (SSSR count). The number of anilines is 3. The summed E-state index contributed by atoms with van der Waals surface area (Å²) in [6.07, 6.45) is 1.90. The van der Waals surface area contributed by atoms with Gasteiger partial charge in [-0.1, -0.05) is 78.4 Å². The molecule has 0 radical (unpaired) electrons. The van der Waals surface area contributed by atoms with Crippen LogP contribution in [0.2, 0.25) is 0 Å². The van der Waals surface area contributed by atoms with Crippen LogP contribution in [-0.2, 0) is 6.18 Å². The molecule has 4 aliphatic heterocycles. The number of nitrogens with zero attached hydrogens (tertiary/aromatic N) is 6. The molecule has 0 unspecified atom stereocenters. The Balaban J connectivity index is 0.719. The Bertz CT molecular complexity index is 4810. The zero-order valence-corrected chi connectivity index (χ0v) is 46.1. The van der Waals surface area contributed by atoms with E-state index in [9.17, 15) is 38.4 Å². The van der Waals surface area contributed by atoms with Gasteiger partial charge < -0.3 is 0 Å². The third kappa shape index (κ3) is 8.49. The number of aromatic nitrogens is 2. The highest BCUT2D eigenvalue weighted by molar-refractivity contribution is 6.37. The first kappa shape index (κ1) is 53.4. The Morgan fingerprint density at radius 3 is 1.11 bits per heavy atom. The lowest BCUT2D eigenvalue weighted by Crippen LogP contribution is -2.29. The van der Waals surface area contributed by atoms with Crippen LogP contribution in [0.5, 0.6) is 0 Å². The van der Waals surface area contributed by atoms with Crippen molar-refractivity contribution in [1.82, 2.24) is 14.9 Å². The molecule has 0 fully saturated rings. The zero-order chi connectivity index (χ0) is 60.5. The van der Waals surface area contributed by atoms with Gasteiger partial charge >= 0.3 is 6.18 Å². The first-order valence-corrected chi connectivity index (χ1v) is 27.3. The number of imide groups is 4. The molecule has 0 N–H and O–H groups in total. The van der Waals surface area contributed by atoms with Gasteiger partial charge in [-0.3, -0.25) is 53.2 Å². The smallest absolute Gasteiger partial charge is 0.277 e. The van der Waals surface area contributed by atoms with Crippen molar-refractivity contribution in [2.75, 3.05) is 21.7 Å². The molecular weight excluding hydrogens is 1110 g/mol. The maximum Gasteiger partial charge on any atom is 0.417 e. The predicted octanol–water partition coefficient (Wildman–Crippen LogP) is 13.7. The lowest BCUT2D eigenvalue weighted by molar-refractivity contribution is -0.137. The van der Waals surface area contributed by atoms with E-state index in [4.69, 9.17) is 0 Å². The Kier molecular flexibility index (Phi) is 12.1. The topological polar surface area (TPSA) is 175 Å². The highest BCUT2D eigenvalue weighted by Gasteiger charge is 2.43. The van der Waals surface area contributed by atoms with E-state index >= 15 is 13.2 Å². The summed E-state index contributed by atoms with van der Waals surface area (Å²) in [6, 6.07) is 44.7. The van der Waals surface area contributed by atoms with E-state index in [1.54, 1.807) is 73.3 Å². The molecule has 4 aliphatic rings. The molecule has 10 aromatic rings. The summed E-state index contributed by atoms with van der Waals surface area (Å²) >= 11 is 0. The van der Waals surface area contributed by atoms with Crippen molar-refractivity contribution in [2.45, 2.75) is 20.0 Å². The summed E-state index contributed by atoms with van der Waals surface area (Å²) in [4.78, 5) is 122. The molecule has 87 heavy (non-hydrogen) atoms. The molecule has 0 spiro atoms. The predicted molar refractivity (Wildman–Crippen MR) is 318 cm³/mol. The summed E-state index contributed by atoms with van der Waals surface area (Å²) in [7, 11) is 1.36. The highest BCUT2D eigenvalue weighted by Crippen LogP contribution is 2.46. The molecule has 2 aromatic heterocycles. The lowest BCUT2D eigenvalue weighted by atomic mass is 9.89. The Morgan fingerprint density at radius 2 is 0.678 bits per heavy atom. The standard InChI is InChI=1S/C70H41F3N6O8/c1-36-8-16-48(55(26-36)42-6-4-24-74-34-42)49-22-14-45(32-56(49)43-7-5-25-75-35-43)78-65(83)53-19-12-41(31-59(53)68(78)86)40-11-18-52-58(30-40)67(85)77(64(52)82)44-13-21-47(37(2)27-44)50-23-15-46(33-61(50)70(71,72)73)79-66(84)54-20-10-39(29-60(54)69(79)87)38-9-17-51-57(28-38)63(81)76(3)62(51)80/h4-35H,1-3H3. The molecule has 0 bridgehead atoms. The number of benzene rings is 8. The first-order valence-electron chi connectivity index (χ1n) is 27.3. The molecule has 0 aliphatic carbocycles. The SMILES string of the molecule is Cc1ccc(-c2ccc(N3C(=O)c4ccc(-c5ccc6c(c5)C(=O)N(c5ccc(-c7ccc(N8C(=O)c9ccc(-c%10ccc%11c(c%10)C(=O)N(C)C%11=O)cc9C8=O)cc7C(F)(F)F)c(C)c5)C6=O)cc4C3=O)cc2-c2cccnc2)c(-c2cccnc2)c1. The van der Waals surface area contributed by atoms with Gasteiger partial charge in [0.05, 0.1) is 67.1 Å². The number of fused-ring (bicyclic) bond motifs is 4. The fourth-order valence-corrected chi connectivity index (χ4v) is 12.1. The van der Waals surface area contributed by atoms with Crippen LogP contribution in [0.15, 0.2) is 195 Å². The second kappa shape index (κ2) is 19.8. The van der Waals surface area contributed by atoms with Gasteiger partial charge in [0.15, 0.2) is 0 Å². The van der Waals surface area contributed by atoms with Crippen LogP contribution >= 0.6 is 0 Å². The maximum absolute atomic E-state index is 15.1. The third-order valence-electron chi connectivity index (χ3n) is 16.4. The maximum atomic E-state index is 15.1. The Labute approximate surface area is 493 Å². The van der Waals surface area contributed by atoms with Crippen LogP contribution in [0, 0.1) is 13.8 Å². The molecule has 8 amide bonds. The van der Waals surface area contributed by atoms with Gasteiger partial charge in [-0.05, 0) is 172 Å². The number of carbonyl (C=O) groups excluding carboxylic acids is 8. The van der Waals surface area contributed by atoms with Gasteiger partial charge in [0, 0.05) is 43.0 Å². The summed E-state index contributed by atoms with van der Waals surface area (Å²) in [5.41, 5.74) is 7.67. The minimum absolute atomic E-state index is 0.0387. The third-order valence-corrected chi connectivity index (χ3v) is 16.4.